The van der Waals surface area contributed by atoms with E-state index >= 15 is 0 Å². The van der Waals surface area contributed by atoms with Crippen LogP contribution in [0.3, 0.4) is 0 Å². The predicted octanol–water partition coefficient (Wildman–Crippen LogP) is 9.93. The molecule has 0 fully saturated rings. The Morgan fingerprint density at radius 3 is 1.46 bits per heavy atom. The molecule has 0 saturated carbocycles. The van der Waals surface area contributed by atoms with Gasteiger partial charge < -0.3 is 0 Å². The summed E-state index contributed by atoms with van der Waals surface area (Å²) < 4.78 is 0. The molecule has 174 valence electrons. The molecule has 6 aromatic carbocycles. The summed E-state index contributed by atoms with van der Waals surface area (Å²) in [4.78, 5) is 0. The third kappa shape index (κ3) is 3.70. The highest BCUT2D eigenvalue weighted by molar-refractivity contribution is 6.04. The van der Waals surface area contributed by atoms with E-state index in [1.807, 2.05) is 0 Å². The molecule has 0 amide bonds. The molecule has 7 rings (SSSR count). The molecule has 0 heterocycles. The largest absolute Gasteiger partial charge is 0.0622 e. The van der Waals surface area contributed by atoms with Gasteiger partial charge in [0.25, 0.3) is 0 Å². The Kier molecular flexibility index (Phi) is 5.30. The van der Waals surface area contributed by atoms with Gasteiger partial charge in [-0.15, -0.1) is 0 Å². The molecule has 0 bridgehead atoms. The van der Waals surface area contributed by atoms with Gasteiger partial charge in [-0.05, 0) is 79.2 Å². The zero-order valence-corrected chi connectivity index (χ0v) is 20.6. The summed E-state index contributed by atoms with van der Waals surface area (Å²) in [5.74, 6) is 0. The van der Waals surface area contributed by atoms with E-state index in [0.29, 0.717) is 0 Å². The highest BCUT2D eigenvalue weighted by Crippen LogP contribution is 2.51. The lowest BCUT2D eigenvalue weighted by atomic mass is 9.80. The van der Waals surface area contributed by atoms with Crippen molar-refractivity contribution in [3.05, 3.63) is 157 Å². The van der Waals surface area contributed by atoms with E-state index in [-0.39, 0.29) is 0 Å². The van der Waals surface area contributed by atoms with Crippen LogP contribution in [0.2, 0.25) is 0 Å². The van der Waals surface area contributed by atoms with Gasteiger partial charge >= 0.3 is 0 Å². The molecule has 1 aliphatic rings. The molecule has 0 aromatic heterocycles. The first-order chi connectivity index (χ1) is 18.4. The van der Waals surface area contributed by atoms with Crippen molar-refractivity contribution in [2.24, 2.45) is 0 Å². The van der Waals surface area contributed by atoms with Crippen molar-refractivity contribution in [3.8, 4) is 55.6 Å². The van der Waals surface area contributed by atoms with Gasteiger partial charge in [-0.25, -0.2) is 0 Å². The van der Waals surface area contributed by atoms with Crippen LogP contribution in [-0.2, 0) is 6.42 Å². The van der Waals surface area contributed by atoms with Crippen molar-refractivity contribution in [1.82, 2.24) is 0 Å². The fraction of sp³-hybridized carbons (Fsp3) is 0.0270. The second-order valence-corrected chi connectivity index (χ2v) is 9.68. The summed E-state index contributed by atoms with van der Waals surface area (Å²) in [6.07, 6.45) is 0.943. The number of hydrogen-bond acceptors (Lipinski definition) is 0. The Labute approximate surface area is 218 Å². The van der Waals surface area contributed by atoms with Gasteiger partial charge in [-0.1, -0.05) is 140 Å². The number of fused-ring (bicyclic) bond motifs is 3. The molecule has 0 unspecified atom stereocenters. The van der Waals surface area contributed by atoms with Crippen LogP contribution in [0.5, 0.6) is 0 Å². The minimum absolute atomic E-state index is 0.943. The maximum atomic E-state index is 2.44. The molecule has 0 saturated heterocycles. The average Bonchev–Trinajstić information content (AvgIpc) is 3.36. The lowest BCUT2D eigenvalue weighted by Gasteiger charge is -2.23. The van der Waals surface area contributed by atoms with Crippen LogP contribution < -0.4 is 0 Å². The molecule has 0 heteroatoms. The van der Waals surface area contributed by atoms with Crippen LogP contribution in [-0.4, -0.2) is 0 Å². The summed E-state index contributed by atoms with van der Waals surface area (Å²) in [6, 6.07) is 52.8. The number of benzene rings is 6. The van der Waals surface area contributed by atoms with Gasteiger partial charge in [0, 0.05) is 0 Å². The maximum Gasteiger partial charge on any atom is -0.000705 e. The topological polar surface area (TPSA) is 0 Å². The third-order valence-electron chi connectivity index (χ3n) is 7.54. The van der Waals surface area contributed by atoms with Gasteiger partial charge in [0.15, 0.2) is 0 Å². The van der Waals surface area contributed by atoms with E-state index < -0.39 is 0 Å². The van der Waals surface area contributed by atoms with E-state index in [0.717, 1.165) is 6.42 Å². The molecule has 0 radical (unpaired) electrons. The lowest BCUT2D eigenvalue weighted by molar-refractivity contribution is 1.26. The van der Waals surface area contributed by atoms with Gasteiger partial charge in [0.1, 0.15) is 0 Å². The van der Waals surface area contributed by atoms with E-state index in [4.69, 9.17) is 0 Å². The second-order valence-electron chi connectivity index (χ2n) is 9.68. The van der Waals surface area contributed by atoms with Crippen LogP contribution in [0.4, 0.5) is 0 Å². The molecule has 1 aliphatic carbocycles. The number of rotatable bonds is 4. The van der Waals surface area contributed by atoms with Crippen molar-refractivity contribution in [2.45, 2.75) is 6.42 Å². The van der Waals surface area contributed by atoms with E-state index in [1.54, 1.807) is 0 Å². The van der Waals surface area contributed by atoms with Gasteiger partial charge in [-0.2, -0.15) is 0 Å². The zero-order valence-electron chi connectivity index (χ0n) is 20.6. The van der Waals surface area contributed by atoms with E-state index in [9.17, 15) is 0 Å². The normalized spacial score (nSPS) is 11.7. The third-order valence-corrected chi connectivity index (χ3v) is 7.54. The fourth-order valence-electron chi connectivity index (χ4n) is 5.89. The predicted molar refractivity (Wildman–Crippen MR) is 156 cm³/mol. The van der Waals surface area contributed by atoms with Crippen LogP contribution in [0.1, 0.15) is 11.1 Å². The number of hydrogen-bond donors (Lipinski definition) is 0. The quantitative estimate of drug-likeness (QED) is 0.240. The highest BCUT2D eigenvalue weighted by Gasteiger charge is 2.28. The molecule has 0 aliphatic heterocycles. The summed E-state index contributed by atoms with van der Waals surface area (Å²) in [5, 5.41) is 0. The first-order valence-corrected chi connectivity index (χ1v) is 12.9. The minimum atomic E-state index is 0.943. The smallest absolute Gasteiger partial charge is 0.000705 e. The zero-order chi connectivity index (χ0) is 24.6. The van der Waals surface area contributed by atoms with Crippen molar-refractivity contribution in [2.75, 3.05) is 0 Å². The highest BCUT2D eigenvalue weighted by atomic mass is 14.3. The second kappa shape index (κ2) is 9.08. The molecular formula is C37H26. The van der Waals surface area contributed by atoms with Crippen LogP contribution >= 0.6 is 0 Å². The summed E-state index contributed by atoms with van der Waals surface area (Å²) >= 11 is 0. The van der Waals surface area contributed by atoms with Gasteiger partial charge in [-0.3, -0.25) is 0 Å². The Morgan fingerprint density at radius 2 is 0.811 bits per heavy atom. The Balaban J connectivity index is 1.64. The molecule has 0 atom stereocenters. The first kappa shape index (κ1) is 21.6. The van der Waals surface area contributed by atoms with Gasteiger partial charge in [0.05, 0.1) is 0 Å². The molecular weight excluding hydrogens is 444 g/mol. The fourth-order valence-corrected chi connectivity index (χ4v) is 5.89. The maximum absolute atomic E-state index is 2.44. The van der Waals surface area contributed by atoms with E-state index in [2.05, 4.69) is 146 Å². The summed E-state index contributed by atoms with van der Waals surface area (Å²) in [5.41, 5.74) is 15.7. The molecule has 0 N–H and O–H groups in total. The van der Waals surface area contributed by atoms with Crippen molar-refractivity contribution in [3.63, 3.8) is 0 Å². The van der Waals surface area contributed by atoms with Crippen molar-refractivity contribution in [1.29, 1.82) is 0 Å². The summed E-state index contributed by atoms with van der Waals surface area (Å²) in [7, 11) is 0. The molecule has 0 spiro atoms. The average molecular weight is 471 g/mol. The van der Waals surface area contributed by atoms with Crippen molar-refractivity contribution < 1.29 is 0 Å². The SMILES string of the molecule is c1ccc(-c2ccccc2-c2c3c(cc(-c4ccccc4)c2-c2ccccc2)-c2ccccc2C3)cc1. The van der Waals surface area contributed by atoms with Crippen LogP contribution in [0.25, 0.3) is 55.6 Å². The van der Waals surface area contributed by atoms with E-state index in [1.165, 1.54) is 66.8 Å². The Hall–Kier alpha value is -4.68. The molecule has 37 heavy (non-hydrogen) atoms. The van der Waals surface area contributed by atoms with Gasteiger partial charge in [0.2, 0.25) is 0 Å². The Morgan fingerprint density at radius 1 is 0.324 bits per heavy atom. The minimum Gasteiger partial charge on any atom is -0.0622 e. The monoisotopic (exact) mass is 470 g/mol. The Bertz CT molecular complexity index is 1710. The van der Waals surface area contributed by atoms with Crippen LogP contribution in [0.15, 0.2) is 146 Å². The van der Waals surface area contributed by atoms with Crippen LogP contribution in [0, 0.1) is 0 Å². The van der Waals surface area contributed by atoms with Crippen molar-refractivity contribution >= 4 is 0 Å². The summed E-state index contributed by atoms with van der Waals surface area (Å²) in [6.45, 7) is 0. The molecule has 6 aromatic rings. The lowest BCUT2D eigenvalue weighted by Crippen LogP contribution is -1.98. The first-order valence-electron chi connectivity index (χ1n) is 12.9. The molecule has 0 nitrogen and oxygen atoms in total. The standard InChI is InChI=1S/C37H26/c1-4-14-26(15-5-1)30-21-12-13-23-32(30)37-35-24-29-20-10-11-22-31(29)34(35)25-33(27-16-6-2-7-17-27)36(37)28-18-8-3-9-19-28/h1-23,25H,24H2.